The van der Waals surface area contributed by atoms with E-state index in [0.717, 1.165) is 0 Å². The number of aromatic nitrogens is 1. The molecule has 0 radical (unpaired) electrons. The molecule has 1 unspecified atom stereocenters. The third-order valence-electron chi connectivity index (χ3n) is 2.24. The lowest BCUT2D eigenvalue weighted by Gasteiger charge is -2.11. The number of ether oxygens (including phenoxy) is 1. The molecule has 0 amide bonds. The Morgan fingerprint density at radius 3 is 2.59 bits per heavy atom. The van der Waals surface area contributed by atoms with Gasteiger partial charge in [0, 0.05) is 6.20 Å². The molecule has 88 valence electrons. The smallest absolute Gasteiger partial charge is 0.151 e. The zero-order valence-electron chi connectivity index (χ0n) is 9.30. The summed E-state index contributed by atoms with van der Waals surface area (Å²) in [4.78, 5) is 4.04. The lowest BCUT2D eigenvalue weighted by molar-refractivity contribution is 0.190. The maximum absolute atomic E-state index is 12.7. The van der Waals surface area contributed by atoms with E-state index in [4.69, 9.17) is 4.74 Å². The normalized spacial score (nSPS) is 12.2. The van der Waals surface area contributed by atoms with Gasteiger partial charge in [0.1, 0.15) is 17.3 Å². The first kappa shape index (κ1) is 11.5. The summed E-state index contributed by atoms with van der Waals surface area (Å²) in [5.74, 6) is 0.648. The first-order chi connectivity index (χ1) is 8.16. The van der Waals surface area contributed by atoms with Gasteiger partial charge in [0.15, 0.2) is 5.75 Å². The van der Waals surface area contributed by atoms with Gasteiger partial charge in [-0.25, -0.2) is 4.39 Å². The Bertz CT molecular complexity index is 497. The molecule has 0 spiro atoms. The van der Waals surface area contributed by atoms with E-state index in [1.807, 2.05) is 0 Å². The standard InChI is InChI=1S/C13H12FNO2/c1-9(16)13-12(3-2-8-15-13)17-11-6-4-10(14)5-7-11/h2-9,16H,1H3. The van der Waals surface area contributed by atoms with Crippen molar-refractivity contribution in [3.8, 4) is 11.5 Å². The molecule has 1 heterocycles. The van der Waals surface area contributed by atoms with Gasteiger partial charge in [-0.1, -0.05) is 0 Å². The molecule has 4 heteroatoms. The predicted octanol–water partition coefficient (Wildman–Crippen LogP) is 3.07. The number of benzene rings is 1. The molecule has 2 rings (SSSR count). The van der Waals surface area contributed by atoms with E-state index in [2.05, 4.69) is 4.98 Å². The van der Waals surface area contributed by atoms with Crippen LogP contribution in [0.25, 0.3) is 0 Å². The van der Waals surface area contributed by atoms with Crippen LogP contribution >= 0.6 is 0 Å². The second kappa shape index (κ2) is 4.93. The Labute approximate surface area is 98.5 Å². The number of nitrogens with zero attached hydrogens (tertiary/aromatic N) is 1. The number of pyridine rings is 1. The molecule has 2 aromatic rings. The van der Waals surface area contributed by atoms with Crippen LogP contribution in [-0.2, 0) is 0 Å². The van der Waals surface area contributed by atoms with Gasteiger partial charge < -0.3 is 9.84 Å². The molecule has 0 aliphatic carbocycles. The molecule has 1 aromatic carbocycles. The van der Waals surface area contributed by atoms with E-state index >= 15 is 0 Å². The minimum atomic E-state index is -0.716. The van der Waals surface area contributed by atoms with E-state index in [9.17, 15) is 9.50 Å². The first-order valence-corrected chi connectivity index (χ1v) is 5.23. The van der Waals surface area contributed by atoms with Crippen molar-refractivity contribution >= 4 is 0 Å². The highest BCUT2D eigenvalue weighted by molar-refractivity contribution is 5.34. The zero-order chi connectivity index (χ0) is 12.3. The molecular formula is C13H12FNO2. The molecular weight excluding hydrogens is 221 g/mol. The molecule has 0 aliphatic rings. The van der Waals surface area contributed by atoms with Gasteiger partial charge in [-0.05, 0) is 43.3 Å². The molecule has 0 fully saturated rings. The quantitative estimate of drug-likeness (QED) is 0.885. The average molecular weight is 233 g/mol. The fraction of sp³-hybridized carbons (Fsp3) is 0.154. The van der Waals surface area contributed by atoms with E-state index in [1.54, 1.807) is 25.3 Å². The predicted molar refractivity (Wildman–Crippen MR) is 61.3 cm³/mol. The highest BCUT2D eigenvalue weighted by atomic mass is 19.1. The van der Waals surface area contributed by atoms with Gasteiger partial charge in [-0.3, -0.25) is 4.98 Å². The highest BCUT2D eigenvalue weighted by Crippen LogP contribution is 2.27. The Morgan fingerprint density at radius 2 is 1.94 bits per heavy atom. The van der Waals surface area contributed by atoms with Gasteiger partial charge in [-0.15, -0.1) is 0 Å². The topological polar surface area (TPSA) is 42.4 Å². The first-order valence-electron chi connectivity index (χ1n) is 5.23. The molecule has 3 nitrogen and oxygen atoms in total. The summed E-state index contributed by atoms with van der Waals surface area (Å²) in [6.45, 7) is 1.61. The van der Waals surface area contributed by atoms with Crippen molar-refractivity contribution in [1.82, 2.24) is 4.98 Å². The summed E-state index contributed by atoms with van der Waals surface area (Å²) < 4.78 is 18.3. The van der Waals surface area contributed by atoms with Crippen molar-refractivity contribution in [1.29, 1.82) is 0 Å². The van der Waals surface area contributed by atoms with Gasteiger partial charge in [0.05, 0.1) is 6.10 Å². The van der Waals surface area contributed by atoms with Crippen LogP contribution in [0.15, 0.2) is 42.6 Å². The summed E-state index contributed by atoms with van der Waals surface area (Å²) in [6, 6.07) is 9.09. The van der Waals surface area contributed by atoms with Gasteiger partial charge in [0.2, 0.25) is 0 Å². The number of rotatable bonds is 3. The van der Waals surface area contributed by atoms with Crippen molar-refractivity contribution in [3.05, 3.63) is 54.1 Å². The highest BCUT2D eigenvalue weighted by Gasteiger charge is 2.10. The number of aliphatic hydroxyl groups excluding tert-OH is 1. The lowest BCUT2D eigenvalue weighted by Crippen LogP contribution is -1.98. The van der Waals surface area contributed by atoms with Crippen molar-refractivity contribution < 1.29 is 14.2 Å². The number of hydrogen-bond acceptors (Lipinski definition) is 3. The third-order valence-corrected chi connectivity index (χ3v) is 2.24. The van der Waals surface area contributed by atoms with Gasteiger partial charge >= 0.3 is 0 Å². The van der Waals surface area contributed by atoms with Crippen LogP contribution in [0.3, 0.4) is 0 Å². The zero-order valence-corrected chi connectivity index (χ0v) is 9.30. The van der Waals surface area contributed by atoms with Gasteiger partial charge in [0.25, 0.3) is 0 Å². The monoisotopic (exact) mass is 233 g/mol. The van der Waals surface area contributed by atoms with E-state index in [1.165, 1.54) is 24.3 Å². The summed E-state index contributed by atoms with van der Waals surface area (Å²) in [7, 11) is 0. The van der Waals surface area contributed by atoms with Crippen LogP contribution in [0.4, 0.5) is 4.39 Å². The summed E-state index contributed by atoms with van der Waals surface area (Å²) in [5.41, 5.74) is 0.455. The molecule has 0 saturated carbocycles. The maximum atomic E-state index is 12.7. The van der Waals surface area contributed by atoms with Crippen molar-refractivity contribution in [3.63, 3.8) is 0 Å². The van der Waals surface area contributed by atoms with Crippen molar-refractivity contribution in [2.75, 3.05) is 0 Å². The average Bonchev–Trinajstić information content (AvgIpc) is 2.32. The fourth-order valence-electron chi connectivity index (χ4n) is 1.43. The SMILES string of the molecule is CC(O)c1ncccc1Oc1ccc(F)cc1. The molecule has 0 aliphatic heterocycles. The number of hydrogen-bond donors (Lipinski definition) is 1. The van der Waals surface area contributed by atoms with Crippen LogP contribution in [0.5, 0.6) is 11.5 Å². The molecule has 1 atom stereocenters. The Balaban J connectivity index is 2.26. The summed E-state index contributed by atoms with van der Waals surface area (Å²) >= 11 is 0. The van der Waals surface area contributed by atoms with E-state index in [0.29, 0.717) is 17.2 Å². The van der Waals surface area contributed by atoms with Crippen molar-refractivity contribution in [2.45, 2.75) is 13.0 Å². The Kier molecular flexibility index (Phi) is 3.35. The summed E-state index contributed by atoms with van der Waals surface area (Å²) in [5, 5.41) is 9.52. The lowest BCUT2D eigenvalue weighted by atomic mass is 10.2. The van der Waals surface area contributed by atoms with Crippen LogP contribution in [0.1, 0.15) is 18.7 Å². The number of halogens is 1. The second-order valence-electron chi connectivity index (χ2n) is 3.62. The molecule has 17 heavy (non-hydrogen) atoms. The second-order valence-corrected chi connectivity index (χ2v) is 3.62. The van der Waals surface area contributed by atoms with E-state index in [-0.39, 0.29) is 5.82 Å². The van der Waals surface area contributed by atoms with Gasteiger partial charge in [-0.2, -0.15) is 0 Å². The Morgan fingerprint density at radius 1 is 1.24 bits per heavy atom. The minimum absolute atomic E-state index is 0.320. The fourth-order valence-corrected chi connectivity index (χ4v) is 1.43. The van der Waals surface area contributed by atoms with Crippen LogP contribution in [-0.4, -0.2) is 10.1 Å². The maximum Gasteiger partial charge on any atom is 0.151 e. The third kappa shape index (κ3) is 2.79. The number of aliphatic hydroxyl groups is 1. The largest absolute Gasteiger partial charge is 0.455 e. The molecule has 0 saturated heterocycles. The van der Waals surface area contributed by atoms with Crippen LogP contribution in [0.2, 0.25) is 0 Å². The van der Waals surface area contributed by atoms with Crippen LogP contribution in [0, 0.1) is 5.82 Å². The van der Waals surface area contributed by atoms with Crippen LogP contribution < -0.4 is 4.74 Å². The van der Waals surface area contributed by atoms with Crippen molar-refractivity contribution in [2.24, 2.45) is 0 Å². The molecule has 0 bridgehead atoms. The minimum Gasteiger partial charge on any atom is -0.455 e. The molecule has 1 N–H and O–H groups in total. The van der Waals surface area contributed by atoms with E-state index < -0.39 is 6.10 Å². The Hall–Kier alpha value is -1.94. The molecule has 1 aromatic heterocycles. The summed E-state index contributed by atoms with van der Waals surface area (Å²) in [6.07, 6.45) is 0.867.